The number of hydrogen-bond donors (Lipinski definition) is 2. The maximum absolute atomic E-state index is 11.3. The molecule has 1 aliphatic heterocycles. The molecule has 0 aromatic heterocycles. The van der Waals surface area contributed by atoms with E-state index >= 15 is 0 Å². The molecule has 2 aromatic carbocycles. The van der Waals surface area contributed by atoms with Crippen molar-refractivity contribution in [3.05, 3.63) is 84.7 Å². The number of nitrogens with zero attached hydrogens (tertiary/aromatic N) is 1. The van der Waals surface area contributed by atoms with Crippen molar-refractivity contribution in [3.8, 4) is 0 Å². The minimum atomic E-state index is -0.348. The van der Waals surface area contributed by atoms with Crippen molar-refractivity contribution >= 4 is 17.3 Å². The second kappa shape index (κ2) is 6.62. The summed E-state index contributed by atoms with van der Waals surface area (Å²) in [7, 11) is 0. The summed E-state index contributed by atoms with van der Waals surface area (Å²) in [6.07, 6.45) is 8.10. The van der Waals surface area contributed by atoms with E-state index in [0.717, 1.165) is 16.9 Å². The molecule has 3 N–H and O–H groups in total. The molecule has 3 rings (SSSR count). The van der Waals surface area contributed by atoms with Crippen LogP contribution < -0.4 is 16.0 Å². The van der Waals surface area contributed by atoms with Gasteiger partial charge >= 0.3 is 0 Å². The van der Waals surface area contributed by atoms with Gasteiger partial charge in [0.25, 0.3) is 0 Å². The van der Waals surface area contributed by atoms with E-state index in [1.165, 1.54) is 0 Å². The first-order chi connectivity index (χ1) is 11.6. The van der Waals surface area contributed by atoms with Gasteiger partial charge in [-0.25, -0.2) is 0 Å². The molecule has 0 bridgehead atoms. The zero-order valence-electron chi connectivity index (χ0n) is 13.6. The van der Waals surface area contributed by atoms with Crippen molar-refractivity contribution in [1.82, 2.24) is 0 Å². The van der Waals surface area contributed by atoms with Crippen LogP contribution in [0, 0.1) is 0 Å². The Morgan fingerprint density at radius 3 is 2.62 bits per heavy atom. The average molecular weight is 319 g/mol. The monoisotopic (exact) mass is 319 g/mol. The fraction of sp³-hybridized carbons (Fsp3) is 0.150. The molecule has 24 heavy (non-hydrogen) atoms. The molecule has 1 unspecified atom stereocenters. The molecule has 1 heterocycles. The Hall–Kier alpha value is -3.01. The van der Waals surface area contributed by atoms with Gasteiger partial charge in [0.15, 0.2) is 0 Å². The fourth-order valence-electron chi connectivity index (χ4n) is 2.89. The fourth-order valence-corrected chi connectivity index (χ4v) is 2.89. The molecule has 4 heteroatoms. The number of hydrogen-bond acceptors (Lipinski definition) is 3. The highest BCUT2D eigenvalue weighted by atomic mass is 16.1. The molecular formula is C20H21N3O. The Balaban J connectivity index is 1.86. The molecule has 0 saturated carbocycles. The summed E-state index contributed by atoms with van der Waals surface area (Å²) in [5.41, 5.74) is 8.28. The van der Waals surface area contributed by atoms with E-state index < -0.39 is 0 Å². The Morgan fingerprint density at radius 1 is 1.17 bits per heavy atom. The van der Waals surface area contributed by atoms with Gasteiger partial charge in [-0.2, -0.15) is 0 Å². The van der Waals surface area contributed by atoms with Gasteiger partial charge in [-0.1, -0.05) is 48.6 Å². The van der Waals surface area contributed by atoms with E-state index in [0.29, 0.717) is 0 Å². The summed E-state index contributed by atoms with van der Waals surface area (Å²) < 4.78 is 0. The highest BCUT2D eigenvalue weighted by Crippen LogP contribution is 2.38. The third kappa shape index (κ3) is 3.33. The summed E-state index contributed by atoms with van der Waals surface area (Å²) in [5.74, 6) is -0.348. The molecule has 0 fully saturated rings. The summed E-state index contributed by atoms with van der Waals surface area (Å²) in [5, 5.41) is 3.29. The number of rotatable bonds is 5. The van der Waals surface area contributed by atoms with Crippen LogP contribution in [0.3, 0.4) is 0 Å². The maximum atomic E-state index is 11.3. The highest BCUT2D eigenvalue weighted by Gasteiger charge is 2.29. The van der Waals surface area contributed by atoms with Gasteiger partial charge in [-0.05, 0) is 36.9 Å². The number of benzene rings is 2. The lowest BCUT2D eigenvalue weighted by molar-refractivity contribution is -0.116. The molecule has 0 radical (unpaired) electrons. The lowest BCUT2D eigenvalue weighted by atomic mass is 9.79. The summed E-state index contributed by atoms with van der Waals surface area (Å²) in [6.45, 7) is 2.32. The summed E-state index contributed by atoms with van der Waals surface area (Å²) in [4.78, 5) is 13.2. The number of amides is 1. The van der Waals surface area contributed by atoms with Gasteiger partial charge < -0.3 is 16.0 Å². The number of fused-ring (bicyclic) bond motifs is 1. The van der Waals surface area contributed by atoms with E-state index in [4.69, 9.17) is 5.73 Å². The number of primary amides is 1. The van der Waals surface area contributed by atoms with Crippen molar-refractivity contribution in [1.29, 1.82) is 0 Å². The number of para-hydroxylation sites is 2. The van der Waals surface area contributed by atoms with E-state index in [9.17, 15) is 4.79 Å². The van der Waals surface area contributed by atoms with Gasteiger partial charge in [0.05, 0.1) is 0 Å². The number of anilines is 2. The molecular weight excluding hydrogens is 298 g/mol. The van der Waals surface area contributed by atoms with E-state index in [2.05, 4.69) is 30.5 Å². The van der Waals surface area contributed by atoms with Gasteiger partial charge in [0.2, 0.25) is 5.91 Å². The maximum Gasteiger partial charge on any atom is 0.237 e. The van der Waals surface area contributed by atoms with Crippen LogP contribution in [-0.2, 0) is 10.2 Å². The molecule has 0 spiro atoms. The van der Waals surface area contributed by atoms with Crippen LogP contribution in [0.1, 0.15) is 12.5 Å². The predicted octanol–water partition coefficient (Wildman–Crippen LogP) is 3.39. The van der Waals surface area contributed by atoms with Crippen LogP contribution in [0.5, 0.6) is 0 Å². The zero-order valence-corrected chi connectivity index (χ0v) is 13.6. The van der Waals surface area contributed by atoms with Crippen LogP contribution in [0.25, 0.3) is 0 Å². The molecule has 1 amide bonds. The zero-order chi connectivity index (χ0) is 17.0. The van der Waals surface area contributed by atoms with E-state index in [1.807, 2.05) is 65.8 Å². The third-order valence-corrected chi connectivity index (χ3v) is 4.17. The SMILES string of the molecule is CC1(C=CNc2ccccc2)C=CN(CC(N)=O)c2ccccc21. The Bertz CT molecular complexity index is 782. The smallest absolute Gasteiger partial charge is 0.237 e. The standard InChI is InChI=1S/C20H21N3O/c1-20(11-13-22-16-7-3-2-4-8-16)12-14-23(15-19(21)24)18-10-6-5-9-17(18)20/h2-14,22H,15H2,1H3,(H2,21,24). The van der Waals surface area contributed by atoms with Crippen molar-refractivity contribution in [2.24, 2.45) is 5.73 Å². The minimum absolute atomic E-state index is 0.176. The minimum Gasteiger partial charge on any atom is -0.368 e. The second-order valence-corrected chi connectivity index (χ2v) is 6.05. The number of allylic oxidation sites excluding steroid dienone is 2. The first kappa shape index (κ1) is 15.9. The first-order valence-corrected chi connectivity index (χ1v) is 7.92. The van der Waals surface area contributed by atoms with Gasteiger partial charge in [0.1, 0.15) is 6.54 Å². The quantitative estimate of drug-likeness (QED) is 0.888. The Morgan fingerprint density at radius 2 is 1.88 bits per heavy atom. The average Bonchev–Trinajstić information content (AvgIpc) is 2.59. The lowest BCUT2D eigenvalue weighted by Gasteiger charge is -2.35. The molecule has 0 aliphatic carbocycles. The third-order valence-electron chi connectivity index (χ3n) is 4.17. The Labute approximate surface area is 142 Å². The number of nitrogens with two attached hydrogens (primary N) is 1. The largest absolute Gasteiger partial charge is 0.368 e. The molecule has 4 nitrogen and oxygen atoms in total. The summed E-state index contributed by atoms with van der Waals surface area (Å²) in [6, 6.07) is 18.1. The number of nitrogens with one attached hydrogen (secondary N) is 1. The van der Waals surface area contributed by atoms with Gasteiger partial charge in [-0.3, -0.25) is 4.79 Å². The van der Waals surface area contributed by atoms with Crippen LogP contribution in [-0.4, -0.2) is 12.5 Å². The molecule has 1 aliphatic rings. The van der Waals surface area contributed by atoms with Crippen LogP contribution >= 0.6 is 0 Å². The summed E-state index contributed by atoms with van der Waals surface area (Å²) >= 11 is 0. The van der Waals surface area contributed by atoms with Crippen molar-refractivity contribution in [3.63, 3.8) is 0 Å². The molecule has 0 saturated heterocycles. The highest BCUT2D eigenvalue weighted by molar-refractivity contribution is 5.81. The van der Waals surface area contributed by atoms with Crippen molar-refractivity contribution in [2.45, 2.75) is 12.3 Å². The molecule has 1 atom stereocenters. The van der Waals surface area contributed by atoms with E-state index in [1.54, 1.807) is 0 Å². The Kier molecular flexibility index (Phi) is 4.38. The normalized spacial score (nSPS) is 19.3. The van der Waals surface area contributed by atoms with Crippen molar-refractivity contribution < 1.29 is 4.79 Å². The first-order valence-electron chi connectivity index (χ1n) is 7.92. The van der Waals surface area contributed by atoms with Crippen molar-refractivity contribution in [2.75, 3.05) is 16.8 Å². The number of carbonyl (C=O) groups is 1. The van der Waals surface area contributed by atoms with Crippen LogP contribution in [0.2, 0.25) is 0 Å². The van der Waals surface area contributed by atoms with Crippen LogP contribution in [0.15, 0.2) is 79.1 Å². The number of carbonyl (C=O) groups excluding carboxylic acids is 1. The molecule has 2 aromatic rings. The molecule has 122 valence electrons. The van der Waals surface area contributed by atoms with E-state index in [-0.39, 0.29) is 17.9 Å². The second-order valence-electron chi connectivity index (χ2n) is 6.05. The van der Waals surface area contributed by atoms with Gasteiger partial charge in [-0.15, -0.1) is 0 Å². The topological polar surface area (TPSA) is 58.4 Å². The van der Waals surface area contributed by atoms with Crippen LogP contribution in [0.4, 0.5) is 11.4 Å². The lowest BCUT2D eigenvalue weighted by Crippen LogP contribution is -2.35. The van der Waals surface area contributed by atoms with Gasteiger partial charge in [0, 0.05) is 23.0 Å². The predicted molar refractivity (Wildman–Crippen MR) is 98.7 cm³/mol.